The Kier molecular flexibility index (Phi) is 8.06. The number of carbonyl (C=O) groups is 2. The standard InChI is InChI=1S/C27H29F3N2O5/c1-31-22(15-25(33)34)26(35)32-11-12-36-24-14-19(8-10-23(24)32)37-16-17-7-9-20(18-5-3-2-4-6-18)21(13-17)27(28,29)30/h7-14,18,22,31H,2-6,15-16H2,1H3,(H,33,34)/t22-/m1/s1. The van der Waals surface area contributed by atoms with Gasteiger partial charge in [-0.15, -0.1) is 0 Å². The number of amides is 1. The van der Waals surface area contributed by atoms with Gasteiger partial charge in [-0.3, -0.25) is 14.5 Å². The summed E-state index contributed by atoms with van der Waals surface area (Å²) in [6.07, 6.45) is 2.34. The minimum atomic E-state index is -4.45. The molecule has 10 heteroatoms. The van der Waals surface area contributed by atoms with Gasteiger partial charge in [0.15, 0.2) is 5.75 Å². The van der Waals surface area contributed by atoms with Crippen molar-refractivity contribution >= 4 is 17.6 Å². The Morgan fingerprint density at radius 2 is 1.92 bits per heavy atom. The van der Waals surface area contributed by atoms with Gasteiger partial charge in [-0.25, -0.2) is 0 Å². The van der Waals surface area contributed by atoms with Crippen molar-refractivity contribution in [1.29, 1.82) is 0 Å². The van der Waals surface area contributed by atoms with E-state index in [0.717, 1.165) is 32.1 Å². The minimum Gasteiger partial charge on any atom is -0.489 e. The number of hydrogen-bond donors (Lipinski definition) is 2. The molecule has 1 amide bonds. The van der Waals surface area contributed by atoms with E-state index in [4.69, 9.17) is 14.6 Å². The third-order valence-electron chi connectivity index (χ3n) is 6.73. The second-order valence-electron chi connectivity index (χ2n) is 9.22. The van der Waals surface area contributed by atoms with Gasteiger partial charge in [-0.05, 0) is 55.1 Å². The van der Waals surface area contributed by atoms with Crippen molar-refractivity contribution in [2.75, 3.05) is 11.9 Å². The Hall–Kier alpha value is -3.53. The molecule has 2 N–H and O–H groups in total. The van der Waals surface area contributed by atoms with Crippen LogP contribution in [0.3, 0.4) is 0 Å². The number of ether oxygens (including phenoxy) is 2. The molecule has 0 bridgehead atoms. The first-order valence-corrected chi connectivity index (χ1v) is 12.2. The zero-order chi connectivity index (χ0) is 26.6. The fraction of sp³-hybridized carbons (Fsp3) is 0.407. The van der Waals surface area contributed by atoms with Crippen LogP contribution in [0.2, 0.25) is 0 Å². The number of carbonyl (C=O) groups excluding carboxylic acids is 1. The number of carboxylic acid groups (broad SMARTS) is 1. The summed E-state index contributed by atoms with van der Waals surface area (Å²) in [5.41, 5.74) is 0.542. The summed E-state index contributed by atoms with van der Waals surface area (Å²) in [6, 6.07) is 8.17. The highest BCUT2D eigenvalue weighted by atomic mass is 19.4. The molecule has 4 rings (SSSR count). The molecule has 1 aliphatic heterocycles. The van der Waals surface area contributed by atoms with Gasteiger partial charge < -0.3 is 19.9 Å². The summed E-state index contributed by atoms with van der Waals surface area (Å²) >= 11 is 0. The Balaban J connectivity index is 1.49. The van der Waals surface area contributed by atoms with E-state index in [1.807, 2.05) is 0 Å². The lowest BCUT2D eigenvalue weighted by atomic mass is 9.81. The number of nitrogens with zero attached hydrogens (tertiary/aromatic N) is 1. The van der Waals surface area contributed by atoms with Crippen molar-refractivity contribution in [1.82, 2.24) is 5.32 Å². The topological polar surface area (TPSA) is 88.1 Å². The van der Waals surface area contributed by atoms with Crippen molar-refractivity contribution < 1.29 is 37.3 Å². The van der Waals surface area contributed by atoms with E-state index in [-0.39, 0.29) is 12.5 Å². The van der Waals surface area contributed by atoms with Crippen LogP contribution in [0.5, 0.6) is 11.5 Å². The fourth-order valence-electron chi connectivity index (χ4n) is 4.85. The van der Waals surface area contributed by atoms with Crippen LogP contribution in [0.1, 0.15) is 61.1 Å². The van der Waals surface area contributed by atoms with E-state index >= 15 is 0 Å². The van der Waals surface area contributed by atoms with Gasteiger partial charge in [0.2, 0.25) is 5.91 Å². The lowest BCUT2D eigenvalue weighted by Crippen LogP contribution is -2.45. The molecular weight excluding hydrogens is 489 g/mol. The second-order valence-corrected chi connectivity index (χ2v) is 9.22. The predicted molar refractivity (Wildman–Crippen MR) is 130 cm³/mol. The Labute approximate surface area is 212 Å². The molecule has 2 aliphatic rings. The summed E-state index contributed by atoms with van der Waals surface area (Å²) in [7, 11) is 1.50. The summed E-state index contributed by atoms with van der Waals surface area (Å²) in [5, 5.41) is 11.8. The number of alkyl halides is 3. The normalized spacial score (nSPS) is 16.6. The molecule has 1 aliphatic carbocycles. The molecule has 37 heavy (non-hydrogen) atoms. The summed E-state index contributed by atoms with van der Waals surface area (Å²) in [6.45, 7) is -0.0776. The predicted octanol–water partition coefficient (Wildman–Crippen LogP) is 5.59. The molecule has 198 valence electrons. The van der Waals surface area contributed by atoms with E-state index in [2.05, 4.69) is 5.32 Å². The smallest absolute Gasteiger partial charge is 0.416 e. The maximum absolute atomic E-state index is 13.9. The molecule has 0 spiro atoms. The van der Waals surface area contributed by atoms with E-state index < -0.39 is 36.1 Å². The number of anilines is 1. The molecular formula is C27H29F3N2O5. The number of halogens is 3. The van der Waals surface area contributed by atoms with Gasteiger partial charge in [0.1, 0.15) is 18.6 Å². The lowest BCUT2D eigenvalue weighted by Gasteiger charge is -2.27. The van der Waals surface area contributed by atoms with Crippen LogP contribution >= 0.6 is 0 Å². The van der Waals surface area contributed by atoms with Crippen LogP contribution in [-0.2, 0) is 22.4 Å². The Bertz CT molecular complexity index is 1180. The monoisotopic (exact) mass is 518 g/mol. The molecule has 1 saturated carbocycles. The molecule has 1 heterocycles. The third kappa shape index (κ3) is 6.25. The van der Waals surface area contributed by atoms with Gasteiger partial charge in [-0.1, -0.05) is 31.4 Å². The summed E-state index contributed by atoms with van der Waals surface area (Å²) in [4.78, 5) is 25.2. The maximum atomic E-state index is 13.9. The number of rotatable bonds is 8. The summed E-state index contributed by atoms with van der Waals surface area (Å²) < 4.78 is 52.8. The molecule has 0 unspecified atom stereocenters. The molecule has 1 atom stereocenters. The highest BCUT2D eigenvalue weighted by molar-refractivity contribution is 6.01. The highest BCUT2D eigenvalue weighted by Gasteiger charge is 2.36. The number of nitrogens with one attached hydrogen (secondary N) is 1. The van der Waals surface area contributed by atoms with E-state index in [0.29, 0.717) is 28.3 Å². The quantitative estimate of drug-likeness (QED) is 0.474. The zero-order valence-corrected chi connectivity index (χ0v) is 20.4. The minimum absolute atomic E-state index is 0.0742. The molecule has 2 aromatic rings. The van der Waals surface area contributed by atoms with Crippen molar-refractivity contribution in [2.24, 2.45) is 0 Å². The fourth-order valence-corrected chi connectivity index (χ4v) is 4.85. The third-order valence-corrected chi connectivity index (χ3v) is 6.73. The zero-order valence-electron chi connectivity index (χ0n) is 20.4. The molecule has 0 radical (unpaired) electrons. The van der Waals surface area contributed by atoms with Crippen molar-refractivity contribution in [3.63, 3.8) is 0 Å². The second kappa shape index (κ2) is 11.2. The molecule has 2 aromatic carbocycles. The highest BCUT2D eigenvalue weighted by Crippen LogP contribution is 2.41. The van der Waals surface area contributed by atoms with E-state index in [1.54, 1.807) is 24.3 Å². The van der Waals surface area contributed by atoms with Gasteiger partial charge in [0, 0.05) is 12.3 Å². The number of likely N-dealkylation sites (N-methyl/N-ethyl adjacent to an activating group) is 1. The average Bonchev–Trinajstić information content (AvgIpc) is 2.89. The number of fused-ring (bicyclic) bond motifs is 1. The van der Waals surface area contributed by atoms with Crippen LogP contribution in [0.4, 0.5) is 18.9 Å². The van der Waals surface area contributed by atoms with Gasteiger partial charge >= 0.3 is 12.1 Å². The lowest BCUT2D eigenvalue weighted by molar-refractivity contribution is -0.139. The first-order chi connectivity index (χ1) is 17.7. The van der Waals surface area contributed by atoms with Gasteiger partial charge in [0.25, 0.3) is 0 Å². The SMILES string of the molecule is CN[C@H](CC(=O)O)C(=O)N1C=COc2cc(OCc3ccc(C4CCCCC4)c(C(F)(F)F)c3)ccc21. The van der Waals surface area contributed by atoms with E-state index in [9.17, 15) is 22.8 Å². The van der Waals surface area contributed by atoms with Crippen molar-refractivity contribution in [3.8, 4) is 11.5 Å². The summed E-state index contributed by atoms with van der Waals surface area (Å²) in [5.74, 6) is -1.02. The maximum Gasteiger partial charge on any atom is 0.416 e. The van der Waals surface area contributed by atoms with Crippen molar-refractivity contribution in [2.45, 2.75) is 63.3 Å². The Morgan fingerprint density at radius 3 is 2.59 bits per heavy atom. The molecule has 0 aromatic heterocycles. The van der Waals surface area contributed by atoms with Gasteiger partial charge in [-0.2, -0.15) is 13.2 Å². The van der Waals surface area contributed by atoms with Crippen LogP contribution in [0.25, 0.3) is 0 Å². The van der Waals surface area contributed by atoms with Crippen molar-refractivity contribution in [3.05, 3.63) is 65.6 Å². The Morgan fingerprint density at radius 1 is 1.16 bits per heavy atom. The molecule has 0 saturated heterocycles. The number of aliphatic carboxylic acids is 1. The van der Waals surface area contributed by atoms with Crippen LogP contribution in [0, 0.1) is 0 Å². The van der Waals surface area contributed by atoms with Crippen LogP contribution < -0.4 is 19.7 Å². The molecule has 7 nitrogen and oxygen atoms in total. The average molecular weight is 519 g/mol. The number of carboxylic acids is 1. The largest absolute Gasteiger partial charge is 0.489 e. The number of hydrogen-bond acceptors (Lipinski definition) is 5. The number of benzene rings is 2. The van der Waals surface area contributed by atoms with Gasteiger partial charge in [0.05, 0.1) is 23.7 Å². The molecule has 1 fully saturated rings. The first-order valence-electron chi connectivity index (χ1n) is 12.2. The first kappa shape index (κ1) is 26.5. The van der Waals surface area contributed by atoms with Crippen LogP contribution in [-0.4, -0.2) is 30.1 Å². The van der Waals surface area contributed by atoms with Crippen LogP contribution in [0.15, 0.2) is 48.9 Å². The van der Waals surface area contributed by atoms with E-state index in [1.165, 1.54) is 36.5 Å².